The Hall–Kier alpha value is -0.580. The van der Waals surface area contributed by atoms with E-state index in [0.717, 1.165) is 0 Å². The highest BCUT2D eigenvalue weighted by Gasteiger charge is 2.19. The molecule has 1 aromatic rings. The molecule has 0 aliphatic rings. The van der Waals surface area contributed by atoms with Crippen molar-refractivity contribution in [3.05, 3.63) is 32.8 Å². The Labute approximate surface area is 94.4 Å². The van der Waals surface area contributed by atoms with Crippen LogP contribution < -0.4 is 0 Å². The summed E-state index contributed by atoms with van der Waals surface area (Å²) in [4.78, 5) is 10.6. The first-order valence-corrected chi connectivity index (χ1v) is 4.97. The number of aliphatic carboxylic acids is 1. The van der Waals surface area contributed by atoms with E-state index in [4.69, 9.17) is 16.7 Å². The first-order chi connectivity index (χ1) is 6.43. The molecule has 1 unspecified atom stereocenters. The van der Waals surface area contributed by atoms with E-state index in [1.807, 2.05) is 0 Å². The summed E-state index contributed by atoms with van der Waals surface area (Å²) in [5, 5.41) is 18.4. The SMILES string of the molecule is Cc1c(Br)cc(Cl)cc1C(O)C(=O)O. The van der Waals surface area contributed by atoms with E-state index in [1.165, 1.54) is 6.07 Å². The van der Waals surface area contributed by atoms with E-state index in [0.29, 0.717) is 20.6 Å². The van der Waals surface area contributed by atoms with Crippen molar-refractivity contribution in [1.29, 1.82) is 0 Å². The Kier molecular flexibility index (Phi) is 3.53. The van der Waals surface area contributed by atoms with Gasteiger partial charge >= 0.3 is 5.97 Å². The van der Waals surface area contributed by atoms with E-state index in [1.54, 1.807) is 13.0 Å². The number of aliphatic hydroxyl groups excluding tert-OH is 1. The fraction of sp³-hybridized carbons (Fsp3) is 0.222. The molecule has 5 heteroatoms. The molecule has 0 bridgehead atoms. The van der Waals surface area contributed by atoms with Gasteiger partial charge in [-0.05, 0) is 30.2 Å². The van der Waals surface area contributed by atoms with Gasteiger partial charge in [-0.2, -0.15) is 0 Å². The maximum atomic E-state index is 10.6. The van der Waals surface area contributed by atoms with E-state index in [9.17, 15) is 9.90 Å². The lowest BCUT2D eigenvalue weighted by Crippen LogP contribution is -2.12. The lowest BCUT2D eigenvalue weighted by atomic mass is 10.0. The Morgan fingerprint density at radius 3 is 2.64 bits per heavy atom. The minimum Gasteiger partial charge on any atom is -0.479 e. The summed E-state index contributed by atoms with van der Waals surface area (Å²) < 4.78 is 0.681. The largest absolute Gasteiger partial charge is 0.479 e. The highest BCUT2D eigenvalue weighted by atomic mass is 79.9. The van der Waals surface area contributed by atoms with Crippen LogP contribution in [-0.4, -0.2) is 16.2 Å². The van der Waals surface area contributed by atoms with Crippen LogP contribution in [0.15, 0.2) is 16.6 Å². The van der Waals surface area contributed by atoms with Gasteiger partial charge in [-0.15, -0.1) is 0 Å². The van der Waals surface area contributed by atoms with Crippen molar-refractivity contribution in [3.63, 3.8) is 0 Å². The Bertz CT molecular complexity index is 379. The summed E-state index contributed by atoms with van der Waals surface area (Å²) in [6, 6.07) is 3.09. The Balaban J connectivity index is 3.26. The van der Waals surface area contributed by atoms with Gasteiger partial charge in [0.25, 0.3) is 0 Å². The van der Waals surface area contributed by atoms with E-state index < -0.39 is 12.1 Å². The molecule has 0 aliphatic carbocycles. The van der Waals surface area contributed by atoms with Crippen LogP contribution in [0.1, 0.15) is 17.2 Å². The smallest absolute Gasteiger partial charge is 0.337 e. The predicted molar refractivity (Wildman–Crippen MR) is 56.5 cm³/mol. The number of hydrogen-bond donors (Lipinski definition) is 2. The van der Waals surface area contributed by atoms with Crippen LogP contribution in [0.2, 0.25) is 5.02 Å². The molecule has 2 N–H and O–H groups in total. The molecule has 0 fully saturated rings. The Morgan fingerprint density at radius 1 is 1.57 bits per heavy atom. The number of carbonyl (C=O) groups is 1. The number of aliphatic hydroxyl groups is 1. The molecule has 1 atom stereocenters. The second kappa shape index (κ2) is 4.29. The zero-order valence-corrected chi connectivity index (χ0v) is 9.63. The molecular formula is C9H8BrClO3. The number of carboxylic acid groups (broad SMARTS) is 1. The van der Waals surface area contributed by atoms with Crippen LogP contribution in [0.25, 0.3) is 0 Å². The van der Waals surface area contributed by atoms with Gasteiger partial charge in [0.1, 0.15) is 0 Å². The molecular weight excluding hydrogens is 271 g/mol. The first kappa shape index (κ1) is 11.5. The second-order valence-corrected chi connectivity index (χ2v) is 4.13. The number of carboxylic acids is 1. The van der Waals surface area contributed by atoms with Crippen molar-refractivity contribution < 1.29 is 15.0 Å². The predicted octanol–water partition coefficient (Wildman–Crippen LogP) is 2.53. The minimum absolute atomic E-state index is 0.303. The number of rotatable bonds is 2. The molecule has 14 heavy (non-hydrogen) atoms. The van der Waals surface area contributed by atoms with Gasteiger partial charge in [0, 0.05) is 9.50 Å². The lowest BCUT2D eigenvalue weighted by molar-refractivity contribution is -0.147. The van der Waals surface area contributed by atoms with Gasteiger partial charge in [0.05, 0.1) is 0 Å². The Morgan fingerprint density at radius 2 is 2.14 bits per heavy atom. The van der Waals surface area contributed by atoms with Crippen molar-refractivity contribution in [3.8, 4) is 0 Å². The topological polar surface area (TPSA) is 57.5 Å². The summed E-state index contributed by atoms with van der Waals surface area (Å²) in [5.41, 5.74) is 0.973. The zero-order valence-electron chi connectivity index (χ0n) is 7.29. The van der Waals surface area contributed by atoms with Gasteiger partial charge in [0.2, 0.25) is 0 Å². The summed E-state index contributed by atoms with van der Waals surface area (Å²) in [7, 11) is 0. The first-order valence-electron chi connectivity index (χ1n) is 3.80. The molecule has 1 rings (SSSR count). The van der Waals surface area contributed by atoms with Gasteiger partial charge < -0.3 is 10.2 Å². The quantitative estimate of drug-likeness (QED) is 0.874. The summed E-state index contributed by atoms with van der Waals surface area (Å²) in [6.07, 6.45) is -1.54. The van der Waals surface area contributed by atoms with Crippen molar-refractivity contribution >= 4 is 33.5 Å². The molecule has 0 saturated heterocycles. The van der Waals surface area contributed by atoms with Crippen molar-refractivity contribution in [2.45, 2.75) is 13.0 Å². The average Bonchev–Trinajstić information content (AvgIpc) is 2.09. The lowest BCUT2D eigenvalue weighted by Gasteiger charge is -2.11. The van der Waals surface area contributed by atoms with Gasteiger partial charge in [0.15, 0.2) is 6.10 Å². The van der Waals surface area contributed by atoms with E-state index in [2.05, 4.69) is 15.9 Å². The van der Waals surface area contributed by atoms with Crippen LogP contribution in [-0.2, 0) is 4.79 Å². The molecule has 0 amide bonds. The molecule has 1 aromatic carbocycles. The second-order valence-electron chi connectivity index (χ2n) is 2.84. The molecule has 3 nitrogen and oxygen atoms in total. The monoisotopic (exact) mass is 278 g/mol. The molecule has 0 saturated carbocycles. The molecule has 0 spiro atoms. The van der Waals surface area contributed by atoms with Crippen LogP contribution >= 0.6 is 27.5 Å². The third-order valence-electron chi connectivity index (χ3n) is 1.88. The van der Waals surface area contributed by atoms with Crippen molar-refractivity contribution in [1.82, 2.24) is 0 Å². The molecule has 0 heterocycles. The number of halogens is 2. The molecule has 0 aliphatic heterocycles. The molecule has 0 aromatic heterocycles. The van der Waals surface area contributed by atoms with Gasteiger partial charge in [-0.3, -0.25) is 0 Å². The highest BCUT2D eigenvalue weighted by Crippen LogP contribution is 2.29. The standard InChI is InChI=1S/C9H8BrClO3/c1-4-6(8(12)9(13)14)2-5(11)3-7(4)10/h2-3,8,12H,1H3,(H,13,14). The normalized spacial score (nSPS) is 12.6. The van der Waals surface area contributed by atoms with E-state index >= 15 is 0 Å². The molecule has 76 valence electrons. The third-order valence-corrected chi connectivity index (χ3v) is 2.92. The number of hydrogen-bond acceptors (Lipinski definition) is 2. The third kappa shape index (κ3) is 2.26. The summed E-state index contributed by atoms with van der Waals surface area (Å²) in [5.74, 6) is -1.29. The summed E-state index contributed by atoms with van der Waals surface area (Å²) >= 11 is 8.96. The van der Waals surface area contributed by atoms with Crippen molar-refractivity contribution in [2.75, 3.05) is 0 Å². The zero-order chi connectivity index (χ0) is 10.9. The van der Waals surface area contributed by atoms with Crippen molar-refractivity contribution in [2.24, 2.45) is 0 Å². The van der Waals surface area contributed by atoms with E-state index in [-0.39, 0.29) is 0 Å². The van der Waals surface area contributed by atoms with Crippen LogP contribution in [0.4, 0.5) is 0 Å². The maximum Gasteiger partial charge on any atom is 0.337 e. The fourth-order valence-electron chi connectivity index (χ4n) is 1.08. The fourth-order valence-corrected chi connectivity index (χ4v) is 1.92. The maximum absolute atomic E-state index is 10.6. The number of benzene rings is 1. The minimum atomic E-state index is -1.54. The van der Waals surface area contributed by atoms with Crippen LogP contribution in [0.5, 0.6) is 0 Å². The summed E-state index contributed by atoms with van der Waals surface area (Å²) in [6.45, 7) is 1.71. The molecule has 0 radical (unpaired) electrons. The van der Waals surface area contributed by atoms with Crippen LogP contribution in [0.3, 0.4) is 0 Å². The van der Waals surface area contributed by atoms with Gasteiger partial charge in [-0.25, -0.2) is 4.79 Å². The van der Waals surface area contributed by atoms with Crippen LogP contribution in [0, 0.1) is 6.92 Å². The highest BCUT2D eigenvalue weighted by molar-refractivity contribution is 9.10. The average molecular weight is 280 g/mol. The van der Waals surface area contributed by atoms with Gasteiger partial charge in [-0.1, -0.05) is 27.5 Å².